The van der Waals surface area contributed by atoms with Gasteiger partial charge in [0.2, 0.25) is 11.7 Å². The Morgan fingerprint density at radius 2 is 1.71 bits per heavy atom. The average Bonchev–Trinajstić information content (AvgIpc) is 3.26. The van der Waals surface area contributed by atoms with Crippen LogP contribution in [-0.2, 0) is 30.3 Å². The number of esters is 1. The van der Waals surface area contributed by atoms with E-state index in [1.165, 1.54) is 5.57 Å². The Hall–Kier alpha value is -3.00. The number of allylic oxidation sites excluding steroid dienone is 1. The molecule has 1 aromatic carbocycles. The molecule has 2 N–H and O–H groups in total. The van der Waals surface area contributed by atoms with Crippen LogP contribution >= 0.6 is 0 Å². The summed E-state index contributed by atoms with van der Waals surface area (Å²) < 4.78 is 10.4. The van der Waals surface area contributed by atoms with E-state index in [1.54, 1.807) is 7.11 Å². The number of ether oxygens (including phenoxy) is 2. The topological polar surface area (TPSA) is 119 Å². The lowest BCUT2D eigenvalue weighted by Gasteiger charge is -2.58. The summed E-state index contributed by atoms with van der Waals surface area (Å²) in [5, 5.41) is 14.6. The minimum Gasteiger partial charge on any atom is -0.497 e. The lowest BCUT2D eigenvalue weighted by Crippen LogP contribution is -2.58. The highest BCUT2D eigenvalue weighted by molar-refractivity contribution is 5.92. The number of Topliss-reactive ketones (excluding diaryl/α,β-unsaturated/α-hetero) is 1. The van der Waals surface area contributed by atoms with Crippen LogP contribution in [0, 0.1) is 28.6 Å². The summed E-state index contributed by atoms with van der Waals surface area (Å²) in [4.78, 5) is 50.1. The molecule has 228 valence electrons. The second-order valence-electron chi connectivity index (χ2n) is 13.4. The standard InChI is InChI=1S/C34H45NO7/c1-32-16-12-24(36)20-23(32)6-9-26-27(32)13-17-33(2)28(26)14-18-34(33,40)29(37)21-42-31(39)11-10-30(38)35-19-15-22-4-7-25(41-3)8-5-22/h4-5,7-8,20,26-28,40H,6,9-19,21H2,1-3H3,(H,35,38). The highest BCUT2D eigenvalue weighted by Gasteiger charge is 2.66. The molecule has 0 aliphatic heterocycles. The average molecular weight is 580 g/mol. The zero-order chi connectivity index (χ0) is 30.1. The molecule has 0 bridgehead atoms. The number of nitrogens with one attached hydrogen (secondary N) is 1. The van der Waals surface area contributed by atoms with Crippen molar-refractivity contribution in [1.29, 1.82) is 0 Å². The van der Waals surface area contributed by atoms with Crippen molar-refractivity contribution in [2.45, 2.75) is 90.1 Å². The van der Waals surface area contributed by atoms with Gasteiger partial charge in [-0.3, -0.25) is 19.2 Å². The van der Waals surface area contributed by atoms with E-state index in [9.17, 15) is 24.3 Å². The van der Waals surface area contributed by atoms with Gasteiger partial charge < -0.3 is 19.9 Å². The zero-order valence-electron chi connectivity index (χ0n) is 25.2. The van der Waals surface area contributed by atoms with E-state index < -0.39 is 29.4 Å². The minimum atomic E-state index is -1.53. The molecule has 0 saturated heterocycles. The van der Waals surface area contributed by atoms with Gasteiger partial charge in [0.25, 0.3) is 0 Å². The SMILES string of the molecule is COc1ccc(CCNC(=O)CCC(=O)OCC(=O)C2(O)CCC3C4CCC5=CC(=O)CCC5(C)C4CCC32C)cc1. The first-order valence-corrected chi connectivity index (χ1v) is 15.5. The number of rotatable bonds is 10. The van der Waals surface area contributed by atoms with Crippen LogP contribution in [-0.4, -0.2) is 54.4 Å². The second kappa shape index (κ2) is 11.9. The smallest absolute Gasteiger partial charge is 0.306 e. The van der Waals surface area contributed by atoms with Crippen LogP contribution in [0.25, 0.3) is 0 Å². The molecule has 8 heteroatoms. The molecule has 0 spiro atoms. The number of aliphatic hydroxyl groups is 1. The van der Waals surface area contributed by atoms with Gasteiger partial charge >= 0.3 is 5.97 Å². The van der Waals surface area contributed by atoms with Gasteiger partial charge in [-0.25, -0.2) is 0 Å². The summed E-state index contributed by atoms with van der Waals surface area (Å²) in [5.74, 6) is 0.791. The highest BCUT2D eigenvalue weighted by atomic mass is 16.5. The number of ketones is 2. The van der Waals surface area contributed by atoms with Crippen LogP contribution in [0.5, 0.6) is 5.75 Å². The van der Waals surface area contributed by atoms with Gasteiger partial charge in [0.05, 0.1) is 13.5 Å². The first-order valence-electron chi connectivity index (χ1n) is 15.5. The van der Waals surface area contributed by atoms with E-state index >= 15 is 0 Å². The highest BCUT2D eigenvalue weighted by Crippen LogP contribution is 2.67. The lowest BCUT2D eigenvalue weighted by molar-refractivity contribution is -0.170. The Balaban J connectivity index is 1.09. The van der Waals surface area contributed by atoms with Gasteiger partial charge in [-0.05, 0) is 98.3 Å². The molecule has 3 fully saturated rings. The second-order valence-corrected chi connectivity index (χ2v) is 13.4. The number of amides is 1. The zero-order valence-corrected chi connectivity index (χ0v) is 25.2. The number of fused-ring (bicyclic) bond motifs is 5. The van der Waals surface area contributed by atoms with Gasteiger partial charge in [-0.1, -0.05) is 31.6 Å². The first-order chi connectivity index (χ1) is 20.0. The van der Waals surface area contributed by atoms with Crippen molar-refractivity contribution < 1.29 is 33.8 Å². The van der Waals surface area contributed by atoms with Gasteiger partial charge in [-0.2, -0.15) is 0 Å². The monoisotopic (exact) mass is 579 g/mol. The van der Waals surface area contributed by atoms with E-state index in [4.69, 9.17) is 9.47 Å². The van der Waals surface area contributed by atoms with Crippen molar-refractivity contribution in [2.75, 3.05) is 20.3 Å². The maximum Gasteiger partial charge on any atom is 0.306 e. The number of benzene rings is 1. The van der Waals surface area contributed by atoms with Crippen molar-refractivity contribution in [3.8, 4) is 5.75 Å². The Morgan fingerprint density at radius 3 is 2.45 bits per heavy atom. The summed E-state index contributed by atoms with van der Waals surface area (Å²) in [6.45, 7) is 4.34. The van der Waals surface area contributed by atoms with Crippen molar-refractivity contribution in [3.63, 3.8) is 0 Å². The Bertz CT molecular complexity index is 1250. The minimum absolute atomic E-state index is 0.0242. The summed E-state index contributed by atoms with van der Waals surface area (Å²) in [7, 11) is 1.61. The molecule has 1 amide bonds. The number of carbonyl (C=O) groups is 4. The molecule has 3 saturated carbocycles. The molecule has 1 aromatic rings. The third-order valence-electron chi connectivity index (χ3n) is 11.4. The fraction of sp³-hybridized carbons (Fsp3) is 0.647. The molecular weight excluding hydrogens is 534 g/mol. The van der Waals surface area contributed by atoms with Gasteiger partial charge in [-0.15, -0.1) is 0 Å². The molecule has 0 aromatic heterocycles. The maximum atomic E-state index is 13.4. The van der Waals surface area contributed by atoms with E-state index in [1.807, 2.05) is 30.3 Å². The molecule has 4 aliphatic rings. The molecule has 0 radical (unpaired) electrons. The molecule has 8 nitrogen and oxygen atoms in total. The van der Waals surface area contributed by atoms with Crippen molar-refractivity contribution in [1.82, 2.24) is 5.32 Å². The fourth-order valence-corrected chi connectivity index (χ4v) is 8.81. The van der Waals surface area contributed by atoms with Crippen LogP contribution in [0.1, 0.15) is 83.6 Å². The number of carbonyl (C=O) groups excluding carboxylic acids is 4. The van der Waals surface area contributed by atoms with Crippen LogP contribution in [0.3, 0.4) is 0 Å². The molecule has 6 unspecified atom stereocenters. The van der Waals surface area contributed by atoms with Crippen LogP contribution in [0.2, 0.25) is 0 Å². The van der Waals surface area contributed by atoms with Crippen LogP contribution < -0.4 is 10.1 Å². The quantitative estimate of drug-likeness (QED) is 0.392. The number of hydrogen-bond acceptors (Lipinski definition) is 7. The van der Waals surface area contributed by atoms with Crippen LogP contribution in [0.15, 0.2) is 35.9 Å². The van der Waals surface area contributed by atoms with E-state index in [0.29, 0.717) is 37.6 Å². The molecule has 42 heavy (non-hydrogen) atoms. The van der Waals surface area contributed by atoms with Crippen molar-refractivity contribution in [3.05, 3.63) is 41.5 Å². The Labute approximate surface area is 248 Å². The summed E-state index contributed by atoms with van der Waals surface area (Å²) in [5.41, 5.74) is 0.296. The number of methoxy groups -OCH3 is 1. The molecule has 5 rings (SSSR count). The van der Waals surface area contributed by atoms with Gasteiger partial charge in [0, 0.05) is 24.8 Å². The molecule has 0 heterocycles. The summed E-state index contributed by atoms with van der Waals surface area (Å²) in [6.07, 6.45) is 8.60. The van der Waals surface area contributed by atoms with E-state index in [0.717, 1.165) is 49.8 Å². The summed E-state index contributed by atoms with van der Waals surface area (Å²) in [6, 6.07) is 7.61. The molecular formula is C34H45NO7. The maximum absolute atomic E-state index is 13.4. The largest absolute Gasteiger partial charge is 0.497 e. The first kappa shape index (κ1) is 30.5. The van der Waals surface area contributed by atoms with Crippen molar-refractivity contribution in [2.24, 2.45) is 28.6 Å². The molecule has 6 atom stereocenters. The predicted molar refractivity (Wildman–Crippen MR) is 157 cm³/mol. The third-order valence-corrected chi connectivity index (χ3v) is 11.4. The Morgan fingerprint density at radius 1 is 0.976 bits per heavy atom. The van der Waals surface area contributed by atoms with Crippen molar-refractivity contribution >= 4 is 23.4 Å². The summed E-state index contributed by atoms with van der Waals surface area (Å²) >= 11 is 0. The lowest BCUT2D eigenvalue weighted by atomic mass is 9.46. The van der Waals surface area contributed by atoms with Gasteiger partial charge in [0.15, 0.2) is 12.4 Å². The fourth-order valence-electron chi connectivity index (χ4n) is 8.81. The van der Waals surface area contributed by atoms with Gasteiger partial charge in [0.1, 0.15) is 11.4 Å². The van der Waals surface area contributed by atoms with E-state index in [-0.39, 0.29) is 35.9 Å². The van der Waals surface area contributed by atoms with E-state index in [2.05, 4.69) is 19.2 Å². The predicted octanol–water partition coefficient (Wildman–Crippen LogP) is 4.51. The normalized spacial score (nSPS) is 33.5. The third kappa shape index (κ3) is 5.54. The number of hydrogen-bond donors (Lipinski definition) is 2. The van der Waals surface area contributed by atoms with Crippen LogP contribution in [0.4, 0.5) is 0 Å². The Kier molecular flexibility index (Phi) is 8.66. The molecule has 4 aliphatic carbocycles.